The number of fused-ring (bicyclic) bond motifs is 1. The lowest BCUT2D eigenvalue weighted by Crippen LogP contribution is -2.23. The quantitative estimate of drug-likeness (QED) is 0.143. The number of aliphatic carboxylic acids is 1. The van der Waals surface area contributed by atoms with Gasteiger partial charge in [-0.05, 0) is 63.0 Å². The van der Waals surface area contributed by atoms with Crippen LogP contribution in [0.5, 0.6) is 0 Å². The molecule has 0 aliphatic carbocycles. The van der Waals surface area contributed by atoms with E-state index in [0.717, 1.165) is 23.6 Å². The number of H-pyrrole nitrogens is 1. The lowest BCUT2D eigenvalue weighted by atomic mass is 10.1. The highest BCUT2D eigenvalue weighted by molar-refractivity contribution is 6.26. The molecule has 1 aliphatic heterocycles. The lowest BCUT2D eigenvalue weighted by Gasteiger charge is -2.13. The summed E-state index contributed by atoms with van der Waals surface area (Å²) < 4.78 is 11.3. The molecule has 0 saturated heterocycles. The maximum atomic E-state index is 13.3. The molecule has 0 unspecified atom stereocenters. The number of hydrogen-bond acceptors (Lipinski definition) is 10. The molecule has 3 aromatic rings. The summed E-state index contributed by atoms with van der Waals surface area (Å²) in [7, 11) is 3.73. The monoisotopic (exact) mass is 551 g/mol. The van der Waals surface area contributed by atoms with Gasteiger partial charge in [0.25, 0.3) is 5.97 Å². The van der Waals surface area contributed by atoms with Gasteiger partial charge in [0.05, 0.1) is 6.61 Å². The van der Waals surface area contributed by atoms with Crippen molar-refractivity contribution in [3.05, 3.63) is 71.1 Å². The van der Waals surface area contributed by atoms with Crippen LogP contribution in [0, 0.1) is 6.92 Å². The number of anilines is 2. The first-order chi connectivity index (χ1) is 19.1. The summed E-state index contributed by atoms with van der Waals surface area (Å²) in [4.78, 5) is 44.4. The second-order valence-corrected chi connectivity index (χ2v) is 9.05. The highest BCUT2D eigenvalue weighted by atomic mass is 16.5. The molecular formula is C28H33N5O7. The molecule has 3 heterocycles. The Morgan fingerprint density at radius 1 is 1.25 bits per heavy atom. The molecule has 0 amide bonds. The second-order valence-electron chi connectivity index (χ2n) is 9.05. The average Bonchev–Trinajstić information content (AvgIpc) is 3.44. The fourth-order valence-electron chi connectivity index (χ4n) is 3.67. The summed E-state index contributed by atoms with van der Waals surface area (Å²) in [5.74, 6) is -2.14. The van der Waals surface area contributed by atoms with Crippen molar-refractivity contribution in [1.29, 1.82) is 0 Å². The van der Waals surface area contributed by atoms with E-state index in [0.29, 0.717) is 30.0 Å². The van der Waals surface area contributed by atoms with Crippen molar-refractivity contribution in [2.75, 3.05) is 51.0 Å². The standard InChI is InChI=1S/C26H29N5O5.C2H4O2/c1-16-13-18(27-9-11-32)6-7-20(16)30-25-22(26(34)35-12-10-31(2)3)23(33)21(36-25)14-17-15-29-24-19(17)5-4-8-28-24;1-2(3)4/h4-8,13-15,27,30,32H,9-12H2,1-3H3,(H,28,29);1H3,(H,3,4). The van der Waals surface area contributed by atoms with Gasteiger partial charge in [-0.25, -0.2) is 9.78 Å². The number of ketones is 1. The maximum absolute atomic E-state index is 13.3. The van der Waals surface area contributed by atoms with Crippen molar-refractivity contribution in [3.63, 3.8) is 0 Å². The molecule has 0 radical (unpaired) electrons. The summed E-state index contributed by atoms with van der Waals surface area (Å²) in [5, 5.41) is 23.4. The topological polar surface area (TPSA) is 166 Å². The zero-order valence-corrected chi connectivity index (χ0v) is 22.8. The number of aliphatic hydroxyl groups is 1. The molecular weight excluding hydrogens is 518 g/mol. The number of nitrogens with one attached hydrogen (secondary N) is 3. The van der Waals surface area contributed by atoms with Gasteiger partial charge in [0.2, 0.25) is 11.7 Å². The van der Waals surface area contributed by atoms with Crippen LogP contribution in [0.4, 0.5) is 11.4 Å². The number of rotatable bonds is 10. The van der Waals surface area contributed by atoms with Crippen molar-refractivity contribution < 1.29 is 34.1 Å². The number of ether oxygens (including phenoxy) is 2. The molecule has 12 nitrogen and oxygen atoms in total. The summed E-state index contributed by atoms with van der Waals surface area (Å²) >= 11 is 0. The number of aryl methyl sites for hydroxylation is 1. The van der Waals surface area contributed by atoms with Crippen molar-refractivity contribution in [2.45, 2.75) is 13.8 Å². The Morgan fingerprint density at radius 2 is 2.00 bits per heavy atom. The van der Waals surface area contributed by atoms with Crippen LogP contribution in [0.3, 0.4) is 0 Å². The van der Waals surface area contributed by atoms with Crippen LogP contribution in [-0.4, -0.2) is 83.2 Å². The second kappa shape index (κ2) is 13.9. The number of aromatic amines is 1. The molecule has 4 rings (SSSR count). The number of carbonyl (C=O) groups is 3. The summed E-state index contributed by atoms with van der Waals surface area (Å²) in [6.07, 6.45) is 4.98. The van der Waals surface area contributed by atoms with Gasteiger partial charge in [-0.2, -0.15) is 0 Å². The lowest BCUT2D eigenvalue weighted by molar-refractivity contribution is -0.140. The van der Waals surface area contributed by atoms with Crippen LogP contribution >= 0.6 is 0 Å². The average molecular weight is 552 g/mol. The number of likely N-dealkylation sites (N-methyl/N-ethyl adjacent to an activating group) is 1. The van der Waals surface area contributed by atoms with E-state index in [-0.39, 0.29) is 30.4 Å². The van der Waals surface area contributed by atoms with Gasteiger partial charge in [0.15, 0.2) is 11.3 Å². The largest absolute Gasteiger partial charge is 0.481 e. The number of nitrogens with zero attached hydrogens (tertiary/aromatic N) is 2. The summed E-state index contributed by atoms with van der Waals surface area (Å²) in [6.45, 7) is 4.06. The number of carboxylic acid groups (broad SMARTS) is 1. The number of benzene rings is 1. The van der Waals surface area contributed by atoms with Gasteiger partial charge in [-0.15, -0.1) is 0 Å². The van der Waals surface area contributed by atoms with E-state index in [1.54, 1.807) is 30.6 Å². The Hall–Kier alpha value is -4.68. The van der Waals surface area contributed by atoms with Crippen molar-refractivity contribution in [3.8, 4) is 0 Å². The number of pyridine rings is 1. The third-order valence-electron chi connectivity index (χ3n) is 5.55. The van der Waals surface area contributed by atoms with Gasteiger partial charge in [-0.1, -0.05) is 0 Å². The SMILES string of the molecule is CC(=O)O.Cc1cc(NCCO)ccc1NC1=C(C(=O)OCCN(C)C)C(=O)C(=Cc2c[nH]c3ncccc23)O1. The number of aliphatic hydroxyl groups excluding tert-OH is 1. The number of esters is 1. The van der Waals surface area contributed by atoms with Gasteiger partial charge >= 0.3 is 5.97 Å². The molecule has 2 aromatic heterocycles. The van der Waals surface area contributed by atoms with Crippen LogP contribution in [-0.2, 0) is 23.9 Å². The van der Waals surface area contributed by atoms with Gasteiger partial charge < -0.3 is 40.2 Å². The minimum Gasteiger partial charge on any atom is -0.481 e. The first-order valence-electron chi connectivity index (χ1n) is 12.4. The molecule has 0 bridgehead atoms. The molecule has 0 fully saturated rings. The van der Waals surface area contributed by atoms with E-state index in [4.69, 9.17) is 24.5 Å². The molecule has 40 heavy (non-hydrogen) atoms. The number of Topliss-reactive ketones (excluding diaryl/α,β-unsaturated/α-hetero) is 1. The predicted molar refractivity (Wildman–Crippen MR) is 150 cm³/mol. The van der Waals surface area contributed by atoms with Crippen LogP contribution in [0.15, 0.2) is 59.9 Å². The summed E-state index contributed by atoms with van der Waals surface area (Å²) in [6, 6.07) is 9.20. The summed E-state index contributed by atoms with van der Waals surface area (Å²) in [5.41, 5.74) is 3.53. The minimum atomic E-state index is -0.833. The third kappa shape index (κ3) is 7.91. The Balaban J connectivity index is 0.00000103. The van der Waals surface area contributed by atoms with Crippen LogP contribution < -0.4 is 10.6 Å². The molecule has 0 spiro atoms. The van der Waals surface area contributed by atoms with E-state index in [9.17, 15) is 9.59 Å². The molecule has 212 valence electrons. The van der Waals surface area contributed by atoms with Crippen LogP contribution in [0.2, 0.25) is 0 Å². The Labute approximate surface area is 231 Å². The smallest absolute Gasteiger partial charge is 0.347 e. The Bertz CT molecular complexity index is 1440. The number of hydrogen-bond donors (Lipinski definition) is 5. The Morgan fingerprint density at radius 3 is 2.67 bits per heavy atom. The number of carbonyl (C=O) groups excluding carboxylic acids is 2. The zero-order chi connectivity index (χ0) is 29.2. The molecule has 12 heteroatoms. The number of aromatic nitrogens is 2. The minimum absolute atomic E-state index is 0.000647. The maximum Gasteiger partial charge on any atom is 0.347 e. The van der Waals surface area contributed by atoms with E-state index >= 15 is 0 Å². The number of carboxylic acids is 1. The number of allylic oxidation sites excluding steroid dienone is 1. The zero-order valence-electron chi connectivity index (χ0n) is 22.8. The van der Waals surface area contributed by atoms with Crippen molar-refractivity contribution in [1.82, 2.24) is 14.9 Å². The van der Waals surface area contributed by atoms with Crippen molar-refractivity contribution in [2.24, 2.45) is 0 Å². The fraction of sp³-hybridized carbons (Fsp3) is 0.286. The highest BCUT2D eigenvalue weighted by Crippen LogP contribution is 2.31. The fourth-order valence-corrected chi connectivity index (χ4v) is 3.67. The molecule has 5 N–H and O–H groups in total. The molecule has 1 aromatic carbocycles. The van der Waals surface area contributed by atoms with E-state index < -0.39 is 17.7 Å². The van der Waals surface area contributed by atoms with E-state index in [1.807, 2.05) is 44.1 Å². The first-order valence-corrected chi connectivity index (χ1v) is 12.4. The normalized spacial score (nSPS) is 13.8. The predicted octanol–water partition coefficient (Wildman–Crippen LogP) is 2.74. The van der Waals surface area contributed by atoms with Crippen LogP contribution in [0.1, 0.15) is 18.1 Å². The van der Waals surface area contributed by atoms with E-state index in [2.05, 4.69) is 20.6 Å². The van der Waals surface area contributed by atoms with Gasteiger partial charge in [0, 0.05) is 54.7 Å². The first kappa shape index (κ1) is 29.9. The third-order valence-corrected chi connectivity index (χ3v) is 5.55. The van der Waals surface area contributed by atoms with Crippen LogP contribution in [0.25, 0.3) is 17.1 Å². The van der Waals surface area contributed by atoms with Crippen molar-refractivity contribution >= 4 is 46.2 Å². The molecule has 1 aliphatic rings. The Kier molecular flexibility index (Phi) is 10.4. The van der Waals surface area contributed by atoms with Gasteiger partial charge in [0.1, 0.15) is 12.3 Å². The van der Waals surface area contributed by atoms with Gasteiger partial charge in [-0.3, -0.25) is 9.59 Å². The molecule has 0 atom stereocenters. The molecule has 0 saturated carbocycles. The highest BCUT2D eigenvalue weighted by Gasteiger charge is 2.37. The van der Waals surface area contributed by atoms with E-state index in [1.165, 1.54) is 0 Å².